The number of ether oxygens (including phenoxy) is 1. The Morgan fingerprint density at radius 1 is 1.15 bits per heavy atom. The number of anilines is 1. The van der Waals surface area contributed by atoms with Gasteiger partial charge in [-0.1, -0.05) is 5.92 Å². The van der Waals surface area contributed by atoms with Gasteiger partial charge < -0.3 is 15.0 Å². The summed E-state index contributed by atoms with van der Waals surface area (Å²) in [6, 6.07) is 5.44. The number of alkyl halides is 1. The highest BCUT2D eigenvalue weighted by molar-refractivity contribution is 7.26. The van der Waals surface area contributed by atoms with E-state index in [4.69, 9.17) is 26.1 Å². The molecule has 4 aliphatic rings. The van der Waals surface area contributed by atoms with E-state index in [0.29, 0.717) is 37.7 Å². The Morgan fingerprint density at radius 2 is 2.04 bits per heavy atom. The number of hydrogen-bond acceptors (Lipinski definition) is 10. The third-order valence-electron chi connectivity index (χ3n) is 10.6. The van der Waals surface area contributed by atoms with E-state index in [2.05, 4.69) is 43.4 Å². The zero-order valence-corrected chi connectivity index (χ0v) is 26.7. The highest BCUT2D eigenvalue weighted by Gasteiger charge is 2.49. The van der Waals surface area contributed by atoms with Gasteiger partial charge in [-0.2, -0.15) is 15.1 Å². The van der Waals surface area contributed by atoms with E-state index >= 15 is 0 Å². The lowest BCUT2D eigenvalue weighted by atomic mass is 9.95. The van der Waals surface area contributed by atoms with Crippen LogP contribution in [0.4, 0.5) is 10.2 Å². The fourth-order valence-corrected chi connectivity index (χ4v) is 10.7. The predicted octanol–water partition coefficient (Wildman–Crippen LogP) is 5.87. The number of pyridine rings is 1. The second-order valence-corrected chi connectivity index (χ2v) is 15.2. The maximum atomic E-state index is 14.5. The van der Waals surface area contributed by atoms with Crippen molar-refractivity contribution in [2.24, 2.45) is 0 Å². The molecule has 12 heteroatoms. The average Bonchev–Trinajstić information content (AvgIpc) is 3.90. The molecule has 6 aromatic rings. The van der Waals surface area contributed by atoms with Crippen molar-refractivity contribution in [1.29, 1.82) is 0 Å². The summed E-state index contributed by atoms with van der Waals surface area (Å²) in [4.78, 5) is 20.7. The highest BCUT2D eigenvalue weighted by Crippen LogP contribution is 2.47. The quantitative estimate of drug-likeness (QED) is 0.224. The van der Waals surface area contributed by atoms with Crippen molar-refractivity contribution in [2.75, 3.05) is 37.7 Å². The Labute approximate surface area is 272 Å². The van der Waals surface area contributed by atoms with Crippen LogP contribution in [0.1, 0.15) is 37.7 Å². The lowest BCUT2D eigenvalue weighted by molar-refractivity contribution is 0.107. The van der Waals surface area contributed by atoms with Gasteiger partial charge in [0.15, 0.2) is 0 Å². The van der Waals surface area contributed by atoms with Gasteiger partial charge in [0.2, 0.25) is 0 Å². The van der Waals surface area contributed by atoms with Crippen LogP contribution in [0.25, 0.3) is 52.5 Å². The van der Waals surface area contributed by atoms with Gasteiger partial charge in [-0.25, -0.2) is 4.39 Å². The third-order valence-corrected chi connectivity index (χ3v) is 12.7. The van der Waals surface area contributed by atoms with Crippen LogP contribution in [-0.2, 0) is 0 Å². The zero-order chi connectivity index (χ0) is 30.6. The number of aromatic amines is 1. The van der Waals surface area contributed by atoms with Crippen molar-refractivity contribution < 1.29 is 9.13 Å². The molecule has 10 rings (SSSR count). The minimum absolute atomic E-state index is 0.271. The minimum Gasteiger partial charge on any atom is -0.461 e. The van der Waals surface area contributed by atoms with Gasteiger partial charge in [-0.05, 0) is 44.4 Å². The summed E-state index contributed by atoms with van der Waals surface area (Å²) in [6.45, 7) is 3.58. The van der Waals surface area contributed by atoms with E-state index in [-0.39, 0.29) is 5.54 Å². The number of halogens is 1. The first-order valence-electron chi connectivity index (χ1n) is 16.0. The minimum atomic E-state index is -0.808. The van der Waals surface area contributed by atoms with Gasteiger partial charge in [0, 0.05) is 81.7 Å². The largest absolute Gasteiger partial charge is 0.461 e. The maximum absolute atomic E-state index is 14.5. The molecule has 1 aromatic carbocycles. The molecule has 2 bridgehead atoms. The van der Waals surface area contributed by atoms with Crippen LogP contribution in [0.5, 0.6) is 6.01 Å². The van der Waals surface area contributed by atoms with Crippen LogP contribution in [0.2, 0.25) is 0 Å². The summed E-state index contributed by atoms with van der Waals surface area (Å²) in [5.41, 5.74) is 3.38. The molecule has 0 radical (unpaired) electrons. The van der Waals surface area contributed by atoms with E-state index < -0.39 is 6.17 Å². The van der Waals surface area contributed by atoms with Crippen molar-refractivity contribution in [2.45, 2.75) is 55.9 Å². The molecular formula is C34H31FN8OS2. The van der Waals surface area contributed by atoms with E-state index in [0.717, 1.165) is 96.4 Å². The van der Waals surface area contributed by atoms with Crippen molar-refractivity contribution >= 4 is 69.8 Å². The Kier molecular flexibility index (Phi) is 5.95. The molecule has 4 aliphatic heterocycles. The number of fused-ring (bicyclic) bond motifs is 8. The Morgan fingerprint density at radius 3 is 2.91 bits per heavy atom. The smallest absolute Gasteiger partial charge is 0.319 e. The van der Waals surface area contributed by atoms with Crippen molar-refractivity contribution in [3.8, 4) is 29.6 Å². The third kappa shape index (κ3) is 3.98. The number of aromatic nitrogens is 5. The highest BCUT2D eigenvalue weighted by atomic mass is 32.1. The molecule has 0 amide bonds. The molecule has 2 N–H and O–H groups in total. The molecule has 0 aliphatic carbocycles. The summed E-state index contributed by atoms with van der Waals surface area (Å²) in [6.07, 6.45) is 13.8. The Hall–Kier alpha value is -3.89. The lowest BCUT2D eigenvalue weighted by Gasteiger charge is -2.34. The van der Waals surface area contributed by atoms with E-state index in [1.54, 1.807) is 22.7 Å². The van der Waals surface area contributed by atoms with Gasteiger partial charge in [-0.15, -0.1) is 29.1 Å². The van der Waals surface area contributed by atoms with Crippen LogP contribution < -0.4 is 15.0 Å². The van der Waals surface area contributed by atoms with Gasteiger partial charge in [-0.3, -0.25) is 15.0 Å². The van der Waals surface area contributed by atoms with Crippen molar-refractivity contribution in [1.82, 2.24) is 35.4 Å². The number of terminal acetylenes is 1. The fourth-order valence-electron chi connectivity index (χ4n) is 8.61. The molecule has 4 saturated heterocycles. The molecule has 4 fully saturated rings. The van der Waals surface area contributed by atoms with E-state index in [9.17, 15) is 4.39 Å². The summed E-state index contributed by atoms with van der Waals surface area (Å²) in [5, 5.41) is 17.4. The van der Waals surface area contributed by atoms with Crippen LogP contribution in [0.15, 0.2) is 29.9 Å². The molecule has 0 saturated carbocycles. The summed E-state index contributed by atoms with van der Waals surface area (Å²) in [7, 11) is 0. The zero-order valence-electron chi connectivity index (χ0n) is 25.1. The Balaban J connectivity index is 1.17. The first-order valence-corrected chi connectivity index (χ1v) is 17.7. The molecule has 46 heavy (non-hydrogen) atoms. The Bertz CT molecular complexity index is 2220. The predicted molar refractivity (Wildman–Crippen MR) is 182 cm³/mol. The van der Waals surface area contributed by atoms with Crippen LogP contribution in [-0.4, -0.2) is 86.6 Å². The number of benzene rings is 1. The average molecular weight is 651 g/mol. The fraction of sp³-hybridized carbons (Fsp3) is 0.412. The SMILES string of the molecule is C#Cc1csc2cc3[nH]ncc3c(-c3nccc4c3sc3nc(OC[C@@]56CCCN5C[C@H](F)C6)nc(N5CC6CCC(C5)N6)c34)c12. The number of piperazine rings is 1. The number of thiophene rings is 2. The molecule has 9 heterocycles. The van der Waals surface area contributed by atoms with Crippen LogP contribution in [0, 0.1) is 12.3 Å². The van der Waals surface area contributed by atoms with Crippen molar-refractivity contribution in [3.63, 3.8) is 0 Å². The van der Waals surface area contributed by atoms with Crippen molar-refractivity contribution in [3.05, 3.63) is 35.5 Å². The molecule has 4 atom stereocenters. The molecule has 232 valence electrons. The topological polar surface area (TPSA) is 95.1 Å². The molecule has 0 spiro atoms. The standard InChI is InChI=1S/C34H31FN8OS2/c1-2-18-16-45-25-10-24-23(12-37-41-24)27(26(18)25)29-30-22(6-8-36-29)28-31(42-14-20-4-5-21(15-42)38-20)39-33(40-32(28)46-30)44-17-34-7-3-9-43(34)13-19(35)11-34/h1,6,8,10,12,16,19-21,38H,3-5,7,9,11,13-15,17H2,(H,37,41)/t19-,20?,21?,34+/m1/s1. The number of hydrogen-bond donors (Lipinski definition) is 2. The monoisotopic (exact) mass is 650 g/mol. The number of rotatable bonds is 5. The molecular weight excluding hydrogens is 620 g/mol. The summed E-state index contributed by atoms with van der Waals surface area (Å²) in [5.74, 6) is 3.80. The second kappa shape index (κ2) is 10.1. The number of nitrogens with zero attached hydrogens (tertiary/aromatic N) is 6. The van der Waals surface area contributed by atoms with Gasteiger partial charge in [0.1, 0.15) is 23.4 Å². The van der Waals surface area contributed by atoms with E-state index in [1.807, 2.05) is 17.8 Å². The molecule has 2 unspecified atom stereocenters. The second-order valence-electron chi connectivity index (χ2n) is 13.3. The molecule has 5 aromatic heterocycles. The molecule has 9 nitrogen and oxygen atoms in total. The first kappa shape index (κ1) is 27.2. The number of nitrogens with one attached hydrogen (secondary N) is 2. The van der Waals surface area contributed by atoms with Gasteiger partial charge in [0.05, 0.1) is 33.0 Å². The summed E-state index contributed by atoms with van der Waals surface area (Å²) < 4.78 is 23.1. The van der Waals surface area contributed by atoms with Gasteiger partial charge in [0.25, 0.3) is 0 Å². The normalized spacial score (nSPS) is 26.2. The van der Waals surface area contributed by atoms with Crippen LogP contribution in [0.3, 0.4) is 0 Å². The lowest BCUT2D eigenvalue weighted by Crippen LogP contribution is -2.51. The number of H-pyrrole nitrogens is 1. The maximum Gasteiger partial charge on any atom is 0.319 e. The van der Waals surface area contributed by atoms with Crippen LogP contribution >= 0.6 is 22.7 Å². The first-order chi connectivity index (χ1) is 22.6. The van der Waals surface area contributed by atoms with E-state index in [1.165, 1.54) is 12.8 Å². The van der Waals surface area contributed by atoms with Gasteiger partial charge >= 0.3 is 6.01 Å². The summed E-state index contributed by atoms with van der Waals surface area (Å²) >= 11 is 3.25.